The van der Waals surface area contributed by atoms with Gasteiger partial charge in [0.2, 0.25) is 17.7 Å². The predicted octanol–water partition coefficient (Wildman–Crippen LogP) is 0.449. The predicted molar refractivity (Wildman–Crippen MR) is 110 cm³/mol. The monoisotopic (exact) mass is 417 g/mol. The van der Waals surface area contributed by atoms with Gasteiger partial charge in [0.05, 0.1) is 6.42 Å². The maximum absolute atomic E-state index is 12.7. The Labute approximate surface area is 173 Å². The Balaban J connectivity index is 2.14. The molecular weight excluding hydrogens is 390 g/mol. The fourth-order valence-corrected chi connectivity index (χ4v) is 2.88. The zero-order valence-electron chi connectivity index (χ0n) is 17.2. The molecule has 0 aliphatic heterocycles. The van der Waals surface area contributed by atoms with Crippen molar-refractivity contribution in [3.05, 3.63) is 36.0 Å². The highest BCUT2D eigenvalue weighted by atomic mass is 16.6. The Bertz CT molecular complexity index is 946. The van der Waals surface area contributed by atoms with E-state index in [2.05, 4.69) is 15.6 Å². The average molecular weight is 417 g/mol. The molecule has 0 unspecified atom stereocenters. The van der Waals surface area contributed by atoms with E-state index in [-0.39, 0.29) is 6.42 Å². The van der Waals surface area contributed by atoms with Gasteiger partial charge < -0.3 is 31.8 Å². The summed E-state index contributed by atoms with van der Waals surface area (Å²) in [5.74, 6) is -2.34. The Morgan fingerprint density at radius 2 is 1.73 bits per heavy atom. The number of para-hydroxylation sites is 1. The van der Waals surface area contributed by atoms with Gasteiger partial charge in [-0.05, 0) is 32.4 Å². The Morgan fingerprint density at radius 1 is 1.07 bits per heavy atom. The molecule has 1 aromatic heterocycles. The number of amides is 4. The minimum atomic E-state index is -1.32. The van der Waals surface area contributed by atoms with E-state index in [0.29, 0.717) is 0 Å². The number of aromatic nitrogens is 1. The van der Waals surface area contributed by atoms with Crippen molar-refractivity contribution >= 4 is 34.7 Å². The standard InChI is InChI=1S/C20H27N5O5/c1-20(2,3)30-19(29)25-15(9-16(21)26)18(28)24-14(17(22)27)8-11-10-23-13-7-5-4-6-12(11)13/h4-7,10,14-15,23H,8-9H2,1-3H3,(H2,21,26)(H2,22,27)(H,24,28)(H,25,29)/t14-,15-/m0/s1. The van der Waals surface area contributed by atoms with Crippen LogP contribution in [0.1, 0.15) is 32.8 Å². The van der Waals surface area contributed by atoms with E-state index in [1.165, 1.54) is 0 Å². The van der Waals surface area contributed by atoms with Gasteiger partial charge in [-0.1, -0.05) is 18.2 Å². The number of benzene rings is 1. The molecule has 2 atom stereocenters. The first-order chi connectivity index (χ1) is 14.0. The number of nitrogens with one attached hydrogen (secondary N) is 3. The van der Waals surface area contributed by atoms with E-state index in [1.54, 1.807) is 27.0 Å². The summed E-state index contributed by atoms with van der Waals surface area (Å²) in [6.45, 7) is 4.96. The summed E-state index contributed by atoms with van der Waals surface area (Å²) in [7, 11) is 0. The second kappa shape index (κ2) is 9.29. The summed E-state index contributed by atoms with van der Waals surface area (Å²) in [5, 5.41) is 5.68. The molecule has 162 valence electrons. The molecule has 10 nitrogen and oxygen atoms in total. The highest BCUT2D eigenvalue weighted by molar-refractivity contribution is 5.94. The van der Waals surface area contributed by atoms with Gasteiger partial charge in [-0.25, -0.2) is 4.79 Å². The lowest BCUT2D eigenvalue weighted by Crippen LogP contribution is -2.55. The molecule has 1 aromatic carbocycles. The van der Waals surface area contributed by atoms with Gasteiger partial charge >= 0.3 is 6.09 Å². The van der Waals surface area contributed by atoms with E-state index in [9.17, 15) is 19.2 Å². The lowest BCUT2D eigenvalue weighted by molar-refractivity contribution is -0.130. The third-order valence-corrected chi connectivity index (χ3v) is 4.17. The van der Waals surface area contributed by atoms with Crippen LogP contribution in [0.5, 0.6) is 0 Å². The van der Waals surface area contributed by atoms with Crippen LogP contribution in [-0.4, -0.2) is 46.5 Å². The first kappa shape index (κ1) is 22.7. The number of hydrogen-bond acceptors (Lipinski definition) is 5. The Kier molecular flexibility index (Phi) is 7.04. The molecule has 30 heavy (non-hydrogen) atoms. The Morgan fingerprint density at radius 3 is 2.33 bits per heavy atom. The third kappa shape index (κ3) is 6.50. The zero-order valence-corrected chi connectivity index (χ0v) is 17.2. The van der Waals surface area contributed by atoms with Crippen LogP contribution < -0.4 is 22.1 Å². The summed E-state index contributed by atoms with van der Waals surface area (Å²) in [4.78, 5) is 51.1. The van der Waals surface area contributed by atoms with Crippen molar-refractivity contribution in [3.8, 4) is 0 Å². The van der Waals surface area contributed by atoms with Crippen LogP contribution in [0, 0.1) is 0 Å². The second-order valence-corrected chi connectivity index (χ2v) is 7.90. The molecule has 0 bridgehead atoms. The summed E-state index contributed by atoms with van der Waals surface area (Å²) in [6.07, 6.45) is 0.494. The number of aromatic amines is 1. The molecular formula is C20H27N5O5. The highest BCUT2D eigenvalue weighted by Crippen LogP contribution is 2.19. The molecule has 0 saturated carbocycles. The first-order valence-corrected chi connectivity index (χ1v) is 9.39. The van der Waals surface area contributed by atoms with Crippen LogP contribution in [-0.2, 0) is 25.5 Å². The van der Waals surface area contributed by atoms with Crippen LogP contribution in [0.2, 0.25) is 0 Å². The summed E-state index contributed by atoms with van der Waals surface area (Å²) in [5.41, 5.74) is 11.5. The number of hydrogen-bond donors (Lipinski definition) is 5. The number of carbonyl (C=O) groups excluding carboxylic acids is 4. The number of carbonyl (C=O) groups is 4. The van der Waals surface area contributed by atoms with Crippen LogP contribution in [0.4, 0.5) is 4.79 Å². The van der Waals surface area contributed by atoms with Gasteiger partial charge in [0.25, 0.3) is 0 Å². The minimum absolute atomic E-state index is 0.126. The number of primary amides is 2. The van der Waals surface area contributed by atoms with Crippen LogP contribution in [0.25, 0.3) is 10.9 Å². The Hall–Kier alpha value is -3.56. The van der Waals surface area contributed by atoms with E-state index >= 15 is 0 Å². The third-order valence-electron chi connectivity index (χ3n) is 4.17. The van der Waals surface area contributed by atoms with Gasteiger partial charge in [-0.3, -0.25) is 14.4 Å². The quantitative estimate of drug-likeness (QED) is 0.419. The van der Waals surface area contributed by atoms with E-state index < -0.39 is 47.9 Å². The SMILES string of the molecule is CC(C)(C)OC(=O)N[C@@H](CC(N)=O)C(=O)N[C@@H](Cc1c[nH]c2ccccc12)C(N)=O. The second-order valence-electron chi connectivity index (χ2n) is 7.90. The number of fused-ring (bicyclic) bond motifs is 1. The molecule has 0 fully saturated rings. The molecule has 0 aliphatic rings. The summed E-state index contributed by atoms with van der Waals surface area (Å²) >= 11 is 0. The summed E-state index contributed by atoms with van der Waals surface area (Å²) in [6, 6.07) is 5.10. The van der Waals surface area contributed by atoms with Crippen LogP contribution in [0.15, 0.2) is 30.5 Å². The molecule has 2 rings (SSSR count). The van der Waals surface area contributed by atoms with Crippen molar-refractivity contribution in [2.24, 2.45) is 11.5 Å². The van der Waals surface area contributed by atoms with E-state index in [4.69, 9.17) is 16.2 Å². The molecule has 4 amide bonds. The largest absolute Gasteiger partial charge is 0.444 e. The van der Waals surface area contributed by atoms with Crippen molar-refractivity contribution in [2.75, 3.05) is 0 Å². The molecule has 0 radical (unpaired) electrons. The van der Waals surface area contributed by atoms with Crippen LogP contribution in [0.3, 0.4) is 0 Å². The lowest BCUT2D eigenvalue weighted by Gasteiger charge is -2.24. The molecule has 2 aromatic rings. The normalized spacial score (nSPS) is 13.3. The molecule has 7 N–H and O–H groups in total. The smallest absolute Gasteiger partial charge is 0.408 e. The lowest BCUT2D eigenvalue weighted by atomic mass is 10.0. The van der Waals surface area contributed by atoms with Gasteiger partial charge in [-0.2, -0.15) is 0 Å². The summed E-state index contributed by atoms with van der Waals surface area (Å²) < 4.78 is 5.11. The molecule has 0 saturated heterocycles. The topological polar surface area (TPSA) is 169 Å². The van der Waals surface area contributed by atoms with E-state index in [1.807, 2.05) is 24.3 Å². The van der Waals surface area contributed by atoms with Crippen LogP contribution >= 0.6 is 0 Å². The maximum atomic E-state index is 12.7. The van der Waals surface area contributed by atoms with Gasteiger partial charge in [0.15, 0.2) is 0 Å². The zero-order chi connectivity index (χ0) is 22.5. The highest BCUT2D eigenvalue weighted by Gasteiger charge is 2.29. The fraction of sp³-hybridized carbons (Fsp3) is 0.400. The van der Waals surface area contributed by atoms with Crippen molar-refractivity contribution in [2.45, 2.75) is 51.3 Å². The number of rotatable bonds is 8. The number of alkyl carbamates (subject to hydrolysis) is 1. The number of ether oxygens (including phenoxy) is 1. The molecule has 0 aliphatic carbocycles. The number of H-pyrrole nitrogens is 1. The van der Waals surface area contributed by atoms with Gasteiger partial charge in [-0.15, -0.1) is 0 Å². The average Bonchev–Trinajstić information content (AvgIpc) is 3.01. The van der Waals surface area contributed by atoms with E-state index in [0.717, 1.165) is 16.5 Å². The van der Waals surface area contributed by atoms with Crippen molar-refractivity contribution < 1.29 is 23.9 Å². The number of nitrogens with two attached hydrogens (primary N) is 2. The van der Waals surface area contributed by atoms with Gasteiger partial charge in [0, 0.05) is 23.5 Å². The fourth-order valence-electron chi connectivity index (χ4n) is 2.88. The molecule has 0 spiro atoms. The first-order valence-electron chi connectivity index (χ1n) is 9.39. The van der Waals surface area contributed by atoms with Crippen molar-refractivity contribution in [3.63, 3.8) is 0 Å². The van der Waals surface area contributed by atoms with Gasteiger partial charge in [0.1, 0.15) is 17.7 Å². The van der Waals surface area contributed by atoms with Crippen molar-refractivity contribution in [1.29, 1.82) is 0 Å². The molecule has 1 heterocycles. The molecule has 10 heteroatoms. The maximum Gasteiger partial charge on any atom is 0.408 e. The van der Waals surface area contributed by atoms with Crippen molar-refractivity contribution in [1.82, 2.24) is 15.6 Å². The minimum Gasteiger partial charge on any atom is -0.444 e.